The lowest BCUT2D eigenvalue weighted by atomic mass is 9.99. The van der Waals surface area contributed by atoms with Crippen molar-refractivity contribution in [1.29, 1.82) is 0 Å². The van der Waals surface area contributed by atoms with Crippen molar-refractivity contribution < 1.29 is 24.3 Å². The SMILES string of the molecule is CCC(C)C(N)C(=O)NC(CC(N)=O)C(=O)N1CCCC1C(=O)O. The average molecular weight is 342 g/mol. The first kappa shape index (κ1) is 19.9. The first-order valence-electron chi connectivity index (χ1n) is 8.06. The minimum Gasteiger partial charge on any atom is -0.480 e. The molecule has 4 atom stereocenters. The highest BCUT2D eigenvalue weighted by Gasteiger charge is 2.38. The summed E-state index contributed by atoms with van der Waals surface area (Å²) in [4.78, 5) is 48.4. The highest BCUT2D eigenvalue weighted by atomic mass is 16.4. The smallest absolute Gasteiger partial charge is 0.326 e. The number of nitrogens with one attached hydrogen (secondary N) is 1. The van der Waals surface area contributed by atoms with Crippen molar-refractivity contribution in [2.24, 2.45) is 17.4 Å². The molecule has 0 aromatic rings. The summed E-state index contributed by atoms with van der Waals surface area (Å²) < 4.78 is 0. The summed E-state index contributed by atoms with van der Waals surface area (Å²) in [6.07, 6.45) is 1.16. The zero-order chi connectivity index (χ0) is 18.4. The molecule has 0 radical (unpaired) electrons. The predicted molar refractivity (Wildman–Crippen MR) is 85.5 cm³/mol. The molecule has 24 heavy (non-hydrogen) atoms. The number of aliphatic carboxylic acids is 1. The van der Waals surface area contributed by atoms with Crippen LogP contribution in [0.25, 0.3) is 0 Å². The van der Waals surface area contributed by atoms with Crippen LogP contribution in [0.1, 0.15) is 39.5 Å². The molecule has 0 aromatic carbocycles. The number of nitrogens with zero attached hydrogens (tertiary/aromatic N) is 1. The lowest BCUT2D eigenvalue weighted by Crippen LogP contribution is -2.56. The van der Waals surface area contributed by atoms with Crippen LogP contribution in [-0.2, 0) is 19.2 Å². The Hall–Kier alpha value is -2.16. The molecule has 0 aromatic heterocycles. The van der Waals surface area contributed by atoms with E-state index < -0.39 is 48.2 Å². The van der Waals surface area contributed by atoms with Gasteiger partial charge in [0, 0.05) is 6.54 Å². The van der Waals surface area contributed by atoms with Gasteiger partial charge in [-0.25, -0.2) is 4.79 Å². The first-order chi connectivity index (χ1) is 11.2. The van der Waals surface area contributed by atoms with Crippen LogP contribution in [0.15, 0.2) is 0 Å². The van der Waals surface area contributed by atoms with Gasteiger partial charge < -0.3 is 26.8 Å². The molecule has 9 heteroatoms. The molecule has 1 fully saturated rings. The van der Waals surface area contributed by atoms with Gasteiger partial charge in [-0.2, -0.15) is 0 Å². The van der Waals surface area contributed by atoms with Gasteiger partial charge in [-0.15, -0.1) is 0 Å². The van der Waals surface area contributed by atoms with E-state index in [4.69, 9.17) is 11.5 Å². The maximum absolute atomic E-state index is 12.6. The maximum Gasteiger partial charge on any atom is 0.326 e. The molecular formula is C15H26N4O5. The van der Waals surface area contributed by atoms with Crippen molar-refractivity contribution in [3.05, 3.63) is 0 Å². The van der Waals surface area contributed by atoms with Crippen molar-refractivity contribution >= 4 is 23.7 Å². The van der Waals surface area contributed by atoms with Gasteiger partial charge in [0.15, 0.2) is 0 Å². The van der Waals surface area contributed by atoms with Crippen LogP contribution in [-0.4, -0.2) is 58.4 Å². The Bertz CT molecular complexity index is 510. The molecule has 1 saturated heterocycles. The minimum absolute atomic E-state index is 0.104. The average Bonchev–Trinajstić information content (AvgIpc) is 3.01. The van der Waals surface area contributed by atoms with Crippen molar-refractivity contribution in [1.82, 2.24) is 10.2 Å². The number of rotatable bonds is 8. The molecule has 0 spiro atoms. The molecule has 3 amide bonds. The third kappa shape index (κ3) is 4.92. The molecule has 0 saturated carbocycles. The normalized spacial score (nSPS) is 21.0. The zero-order valence-corrected chi connectivity index (χ0v) is 14.0. The number of nitrogens with two attached hydrogens (primary N) is 2. The predicted octanol–water partition coefficient (Wildman–Crippen LogP) is -1.20. The van der Waals surface area contributed by atoms with E-state index in [9.17, 15) is 24.3 Å². The number of hydrogen-bond donors (Lipinski definition) is 4. The Balaban J connectivity index is 2.88. The lowest BCUT2D eigenvalue weighted by molar-refractivity contribution is -0.149. The van der Waals surface area contributed by atoms with Gasteiger partial charge in [0.05, 0.1) is 12.5 Å². The molecule has 6 N–H and O–H groups in total. The van der Waals surface area contributed by atoms with Crippen LogP contribution < -0.4 is 16.8 Å². The van der Waals surface area contributed by atoms with Crippen LogP contribution in [0.3, 0.4) is 0 Å². The topological polar surface area (TPSA) is 156 Å². The molecule has 1 aliphatic rings. The highest BCUT2D eigenvalue weighted by molar-refractivity contribution is 5.94. The molecule has 0 aliphatic carbocycles. The number of likely N-dealkylation sites (tertiary alicyclic amines) is 1. The Kier molecular flexibility index (Phi) is 7.15. The fraction of sp³-hybridized carbons (Fsp3) is 0.733. The molecule has 1 rings (SSSR count). The third-order valence-electron chi connectivity index (χ3n) is 4.40. The standard InChI is InChI=1S/C15H26N4O5/c1-3-8(2)12(17)13(21)18-9(7-11(16)20)14(22)19-6-4-5-10(19)15(23)24/h8-10,12H,3-7,17H2,1-2H3,(H2,16,20)(H,18,21)(H,23,24). The Labute approximate surface area is 140 Å². The number of carbonyl (C=O) groups is 4. The third-order valence-corrected chi connectivity index (χ3v) is 4.40. The number of hydrogen-bond acceptors (Lipinski definition) is 5. The summed E-state index contributed by atoms with van der Waals surface area (Å²) >= 11 is 0. The van der Waals surface area contributed by atoms with E-state index in [2.05, 4.69) is 5.32 Å². The van der Waals surface area contributed by atoms with Crippen LogP contribution in [0, 0.1) is 5.92 Å². The monoisotopic (exact) mass is 342 g/mol. The lowest BCUT2D eigenvalue weighted by Gasteiger charge is -2.28. The second-order valence-corrected chi connectivity index (χ2v) is 6.17. The van der Waals surface area contributed by atoms with Gasteiger partial charge in [-0.1, -0.05) is 20.3 Å². The van der Waals surface area contributed by atoms with E-state index in [1.165, 1.54) is 4.90 Å². The van der Waals surface area contributed by atoms with Crippen molar-refractivity contribution in [2.75, 3.05) is 6.54 Å². The van der Waals surface area contributed by atoms with Crippen molar-refractivity contribution in [3.8, 4) is 0 Å². The fourth-order valence-corrected chi connectivity index (χ4v) is 2.67. The van der Waals surface area contributed by atoms with Crippen LogP contribution in [0.2, 0.25) is 0 Å². The van der Waals surface area contributed by atoms with Crippen LogP contribution >= 0.6 is 0 Å². The van der Waals surface area contributed by atoms with E-state index >= 15 is 0 Å². The molecule has 1 aliphatic heterocycles. The summed E-state index contributed by atoms with van der Waals surface area (Å²) in [6.45, 7) is 3.94. The first-order valence-corrected chi connectivity index (χ1v) is 8.06. The molecule has 1 heterocycles. The number of carboxylic acid groups (broad SMARTS) is 1. The van der Waals surface area contributed by atoms with Crippen molar-refractivity contribution in [3.63, 3.8) is 0 Å². The summed E-state index contributed by atoms with van der Waals surface area (Å²) in [5.74, 6) is -3.16. The van der Waals surface area contributed by atoms with E-state index in [-0.39, 0.29) is 12.5 Å². The Morgan fingerprint density at radius 2 is 1.96 bits per heavy atom. The number of carboxylic acids is 1. The molecule has 136 valence electrons. The second-order valence-electron chi connectivity index (χ2n) is 6.17. The van der Waals surface area contributed by atoms with Gasteiger partial charge in [-0.05, 0) is 18.8 Å². The van der Waals surface area contributed by atoms with Crippen LogP contribution in [0.4, 0.5) is 0 Å². The van der Waals surface area contributed by atoms with E-state index in [1.54, 1.807) is 6.92 Å². The van der Waals surface area contributed by atoms with E-state index in [1.807, 2.05) is 6.92 Å². The van der Waals surface area contributed by atoms with Gasteiger partial charge in [-0.3, -0.25) is 14.4 Å². The largest absolute Gasteiger partial charge is 0.480 e. The second kappa shape index (κ2) is 8.62. The molecular weight excluding hydrogens is 316 g/mol. The van der Waals surface area contributed by atoms with Gasteiger partial charge >= 0.3 is 5.97 Å². The van der Waals surface area contributed by atoms with E-state index in [0.29, 0.717) is 19.3 Å². The molecule has 0 bridgehead atoms. The zero-order valence-electron chi connectivity index (χ0n) is 14.0. The number of carbonyl (C=O) groups excluding carboxylic acids is 3. The summed E-state index contributed by atoms with van der Waals surface area (Å²) in [5.41, 5.74) is 11.0. The Morgan fingerprint density at radius 3 is 2.46 bits per heavy atom. The fourth-order valence-electron chi connectivity index (χ4n) is 2.67. The number of primary amides is 1. The van der Waals surface area contributed by atoms with Gasteiger partial charge in [0.1, 0.15) is 12.1 Å². The highest BCUT2D eigenvalue weighted by Crippen LogP contribution is 2.19. The number of amides is 3. The van der Waals surface area contributed by atoms with E-state index in [0.717, 1.165) is 0 Å². The minimum atomic E-state index is -1.20. The van der Waals surface area contributed by atoms with Crippen LogP contribution in [0.5, 0.6) is 0 Å². The van der Waals surface area contributed by atoms with Gasteiger partial charge in [0.25, 0.3) is 0 Å². The summed E-state index contributed by atoms with van der Waals surface area (Å²) in [6, 6.07) is -2.98. The molecule has 4 unspecified atom stereocenters. The Morgan fingerprint density at radius 1 is 1.33 bits per heavy atom. The maximum atomic E-state index is 12.6. The van der Waals surface area contributed by atoms with Crippen molar-refractivity contribution in [2.45, 2.75) is 57.7 Å². The quantitative estimate of drug-likeness (QED) is 0.434. The summed E-state index contributed by atoms with van der Waals surface area (Å²) in [5, 5.41) is 11.6. The molecule has 9 nitrogen and oxygen atoms in total. The summed E-state index contributed by atoms with van der Waals surface area (Å²) in [7, 11) is 0. The van der Waals surface area contributed by atoms with Gasteiger partial charge in [0.2, 0.25) is 17.7 Å².